The van der Waals surface area contributed by atoms with Gasteiger partial charge in [-0.1, -0.05) is 37.3 Å². The molecule has 3 aromatic rings. The third-order valence-corrected chi connectivity index (χ3v) is 6.41. The van der Waals surface area contributed by atoms with E-state index in [1.54, 1.807) is 12.1 Å². The molecule has 3 heterocycles. The predicted octanol–water partition coefficient (Wildman–Crippen LogP) is 4.45. The molecule has 0 atom stereocenters. The maximum Gasteiger partial charge on any atom is 0.123 e. The Morgan fingerprint density at radius 1 is 1.00 bits per heavy atom. The van der Waals surface area contributed by atoms with Gasteiger partial charge in [-0.3, -0.25) is 4.98 Å². The minimum Gasteiger partial charge on any atom is -0.370 e. The molecule has 4 heteroatoms. The van der Waals surface area contributed by atoms with E-state index in [0.717, 1.165) is 55.7 Å². The molecule has 2 aliphatic heterocycles. The number of hydrogen-bond donors (Lipinski definition) is 1. The molecule has 2 fully saturated rings. The Balaban J connectivity index is 1.49. The molecule has 0 radical (unpaired) electrons. The monoisotopic (exact) mass is 387 g/mol. The van der Waals surface area contributed by atoms with E-state index in [-0.39, 0.29) is 5.82 Å². The van der Waals surface area contributed by atoms with Crippen molar-refractivity contribution in [2.45, 2.75) is 19.8 Å². The number of pyridine rings is 1. The molecule has 2 saturated heterocycles. The molecule has 0 amide bonds. The van der Waals surface area contributed by atoms with Crippen LogP contribution in [0.25, 0.3) is 11.1 Å². The molecule has 148 valence electrons. The van der Waals surface area contributed by atoms with Crippen molar-refractivity contribution < 1.29 is 4.39 Å². The van der Waals surface area contributed by atoms with Gasteiger partial charge in [-0.2, -0.15) is 0 Å². The number of hydrogen-bond acceptors (Lipinski definition) is 3. The van der Waals surface area contributed by atoms with Crippen LogP contribution >= 0.6 is 0 Å². The van der Waals surface area contributed by atoms with Crippen molar-refractivity contribution in [2.75, 3.05) is 31.1 Å². The zero-order chi connectivity index (χ0) is 19.8. The van der Waals surface area contributed by atoms with Crippen molar-refractivity contribution in [1.82, 2.24) is 10.3 Å². The molecule has 5 rings (SSSR count). The lowest BCUT2D eigenvalue weighted by molar-refractivity contribution is 0.121. The molecule has 2 aliphatic rings. The third-order valence-electron chi connectivity index (χ3n) is 6.41. The van der Waals surface area contributed by atoms with E-state index in [4.69, 9.17) is 0 Å². The average Bonchev–Trinajstić information content (AvgIpc) is 2.68. The smallest absolute Gasteiger partial charge is 0.123 e. The van der Waals surface area contributed by atoms with E-state index in [2.05, 4.69) is 46.4 Å². The molecule has 1 aromatic heterocycles. The highest BCUT2D eigenvalue weighted by Crippen LogP contribution is 2.39. The number of nitrogens with one attached hydrogen (secondary N) is 1. The molecule has 0 aliphatic carbocycles. The van der Waals surface area contributed by atoms with Gasteiger partial charge in [-0.25, -0.2) is 4.39 Å². The van der Waals surface area contributed by atoms with Crippen molar-refractivity contribution in [3.05, 3.63) is 83.4 Å². The highest BCUT2D eigenvalue weighted by molar-refractivity contribution is 5.72. The van der Waals surface area contributed by atoms with Crippen molar-refractivity contribution >= 4 is 5.69 Å². The van der Waals surface area contributed by atoms with Crippen LogP contribution in [0.15, 0.2) is 60.9 Å². The summed E-state index contributed by atoms with van der Waals surface area (Å²) in [5, 5.41) is 3.40. The number of anilines is 1. The quantitative estimate of drug-likeness (QED) is 0.701. The van der Waals surface area contributed by atoms with E-state index in [0.29, 0.717) is 5.41 Å². The molecular weight excluding hydrogens is 361 g/mol. The number of halogens is 1. The lowest BCUT2D eigenvalue weighted by Crippen LogP contribution is -2.71. The zero-order valence-electron chi connectivity index (χ0n) is 16.8. The van der Waals surface area contributed by atoms with Crippen LogP contribution in [0, 0.1) is 11.2 Å². The minimum absolute atomic E-state index is 0.191. The third kappa shape index (κ3) is 3.32. The van der Waals surface area contributed by atoms with Gasteiger partial charge in [0.1, 0.15) is 5.82 Å². The van der Waals surface area contributed by atoms with E-state index >= 15 is 0 Å². The van der Waals surface area contributed by atoms with E-state index in [9.17, 15) is 4.39 Å². The summed E-state index contributed by atoms with van der Waals surface area (Å²) in [4.78, 5) is 6.85. The lowest BCUT2D eigenvalue weighted by atomic mass is 9.74. The fraction of sp³-hybridized carbons (Fsp3) is 0.320. The van der Waals surface area contributed by atoms with Gasteiger partial charge < -0.3 is 10.2 Å². The lowest BCUT2D eigenvalue weighted by Gasteiger charge is -2.57. The largest absolute Gasteiger partial charge is 0.370 e. The summed E-state index contributed by atoms with van der Waals surface area (Å²) in [7, 11) is 0. The van der Waals surface area contributed by atoms with Crippen LogP contribution in [0.5, 0.6) is 0 Å². The highest BCUT2D eigenvalue weighted by atomic mass is 19.1. The fourth-order valence-electron chi connectivity index (χ4n) is 4.75. The average molecular weight is 388 g/mol. The molecule has 0 bridgehead atoms. The van der Waals surface area contributed by atoms with Crippen LogP contribution in [-0.4, -0.2) is 31.2 Å². The predicted molar refractivity (Wildman–Crippen MR) is 116 cm³/mol. The summed E-state index contributed by atoms with van der Waals surface area (Å²) in [5.74, 6) is -0.191. The second-order valence-corrected chi connectivity index (χ2v) is 8.45. The van der Waals surface area contributed by atoms with Crippen LogP contribution in [0.3, 0.4) is 0 Å². The Labute approximate surface area is 171 Å². The van der Waals surface area contributed by atoms with Crippen LogP contribution in [0.4, 0.5) is 10.1 Å². The summed E-state index contributed by atoms with van der Waals surface area (Å²) in [6, 6.07) is 15.6. The van der Waals surface area contributed by atoms with E-state index < -0.39 is 0 Å². The van der Waals surface area contributed by atoms with Crippen LogP contribution in [-0.2, 0) is 12.8 Å². The zero-order valence-corrected chi connectivity index (χ0v) is 16.8. The van der Waals surface area contributed by atoms with Crippen molar-refractivity contribution in [3.63, 3.8) is 0 Å². The van der Waals surface area contributed by atoms with Gasteiger partial charge in [0.05, 0.1) is 0 Å². The van der Waals surface area contributed by atoms with E-state index in [1.165, 1.54) is 16.8 Å². The number of rotatable bonds is 5. The van der Waals surface area contributed by atoms with Gasteiger partial charge in [0, 0.05) is 56.1 Å². The Morgan fingerprint density at radius 2 is 1.83 bits per heavy atom. The molecule has 0 saturated carbocycles. The van der Waals surface area contributed by atoms with E-state index in [1.807, 2.05) is 24.5 Å². The Hall–Kier alpha value is -2.72. The minimum atomic E-state index is -0.191. The first-order chi connectivity index (χ1) is 14.2. The summed E-state index contributed by atoms with van der Waals surface area (Å²) in [5.41, 5.74) is 7.43. The number of nitrogens with zero attached hydrogens (tertiary/aromatic N) is 2. The Morgan fingerprint density at radius 3 is 2.59 bits per heavy atom. The van der Waals surface area contributed by atoms with Crippen molar-refractivity contribution in [3.8, 4) is 11.1 Å². The Kier molecular flexibility index (Phi) is 4.59. The molecule has 3 nitrogen and oxygen atoms in total. The maximum atomic E-state index is 14.2. The highest BCUT2D eigenvalue weighted by Gasteiger charge is 2.47. The molecule has 1 spiro atoms. The molecule has 29 heavy (non-hydrogen) atoms. The van der Waals surface area contributed by atoms with Crippen LogP contribution in [0.1, 0.15) is 23.6 Å². The molecular formula is C25H26FN3. The van der Waals surface area contributed by atoms with Gasteiger partial charge in [-0.05, 0) is 52.4 Å². The van der Waals surface area contributed by atoms with Gasteiger partial charge in [0.2, 0.25) is 0 Å². The summed E-state index contributed by atoms with van der Waals surface area (Å²) in [6.07, 6.45) is 5.52. The van der Waals surface area contributed by atoms with Gasteiger partial charge >= 0.3 is 0 Å². The molecule has 2 aromatic carbocycles. The van der Waals surface area contributed by atoms with Crippen molar-refractivity contribution in [2.24, 2.45) is 5.41 Å². The second-order valence-electron chi connectivity index (χ2n) is 8.45. The number of benzene rings is 2. The van der Waals surface area contributed by atoms with Crippen LogP contribution in [0.2, 0.25) is 0 Å². The summed E-state index contributed by atoms with van der Waals surface area (Å²) in [6.45, 7) is 6.60. The van der Waals surface area contributed by atoms with Gasteiger partial charge in [-0.15, -0.1) is 0 Å². The number of aromatic nitrogens is 1. The first-order valence-corrected chi connectivity index (χ1v) is 10.4. The molecule has 1 N–H and O–H groups in total. The first-order valence-electron chi connectivity index (χ1n) is 10.4. The van der Waals surface area contributed by atoms with Gasteiger partial charge in [0.25, 0.3) is 0 Å². The van der Waals surface area contributed by atoms with Gasteiger partial charge in [0.15, 0.2) is 0 Å². The Bertz CT molecular complexity index is 1030. The number of aryl methyl sites for hydroxylation is 1. The fourth-order valence-corrected chi connectivity index (χ4v) is 4.75. The standard InChI is InChI=1S/C25H26FN3/c1-2-18-5-3-4-6-22(18)23-12-21(26)8-7-19(23)11-20-13-27-10-9-24(20)29-16-25(17-29)14-28-15-25/h3-10,12-13,28H,2,11,14-17H2,1H3. The van der Waals surface area contributed by atoms with Crippen LogP contribution < -0.4 is 10.2 Å². The second kappa shape index (κ2) is 7.27. The normalized spacial score (nSPS) is 17.1. The SMILES string of the molecule is CCc1ccccc1-c1cc(F)ccc1Cc1cnccc1N1CC2(CNC2)C1. The maximum absolute atomic E-state index is 14.2. The topological polar surface area (TPSA) is 28.2 Å². The van der Waals surface area contributed by atoms with Crippen molar-refractivity contribution in [1.29, 1.82) is 0 Å². The molecule has 0 unspecified atom stereocenters. The summed E-state index contributed by atoms with van der Waals surface area (Å²) >= 11 is 0. The summed E-state index contributed by atoms with van der Waals surface area (Å²) < 4.78 is 14.2. The first kappa shape index (κ1) is 18.3.